The summed E-state index contributed by atoms with van der Waals surface area (Å²) in [6.07, 6.45) is 7.38. The number of benzene rings is 1. The normalized spacial score (nSPS) is 16.5. The monoisotopic (exact) mass is 224 g/mol. The van der Waals surface area contributed by atoms with Crippen LogP contribution in [0.5, 0.6) is 0 Å². The van der Waals surface area contributed by atoms with Gasteiger partial charge in [-0.1, -0.05) is 40.9 Å². The van der Waals surface area contributed by atoms with Gasteiger partial charge in [0.2, 0.25) is 11.7 Å². The van der Waals surface area contributed by atoms with Crippen LogP contribution in [-0.4, -0.2) is 10.1 Å². The molecule has 0 spiro atoms. The second kappa shape index (κ2) is 3.46. The average molecular weight is 224 g/mol. The molecule has 1 saturated carbocycles. The number of hydrogen-bond acceptors (Lipinski definition) is 3. The topological polar surface area (TPSA) is 38.9 Å². The minimum atomic E-state index is -0.282. The van der Waals surface area contributed by atoms with Crippen molar-refractivity contribution in [3.05, 3.63) is 35.7 Å². The second-order valence-electron chi connectivity index (χ2n) is 4.52. The fourth-order valence-electron chi connectivity index (χ4n) is 1.78. The first-order valence-electron chi connectivity index (χ1n) is 5.62. The van der Waals surface area contributed by atoms with Crippen LogP contribution in [0.25, 0.3) is 11.4 Å². The minimum Gasteiger partial charge on any atom is -0.337 e. The third-order valence-corrected chi connectivity index (χ3v) is 3.17. The highest BCUT2D eigenvalue weighted by Crippen LogP contribution is 2.46. The van der Waals surface area contributed by atoms with Crippen molar-refractivity contribution in [1.29, 1.82) is 0 Å². The van der Waals surface area contributed by atoms with Crippen LogP contribution in [0.2, 0.25) is 0 Å². The zero-order valence-corrected chi connectivity index (χ0v) is 9.60. The number of aryl methyl sites for hydroxylation is 1. The van der Waals surface area contributed by atoms with Gasteiger partial charge in [-0.2, -0.15) is 4.98 Å². The molecule has 0 amide bonds. The van der Waals surface area contributed by atoms with Gasteiger partial charge in [0.25, 0.3) is 0 Å². The summed E-state index contributed by atoms with van der Waals surface area (Å²) in [7, 11) is 0. The minimum absolute atomic E-state index is 0.282. The SMILES string of the molecule is C#CC1(c2nc(-c3ccc(C)cc3)no2)CC1. The van der Waals surface area contributed by atoms with Gasteiger partial charge >= 0.3 is 0 Å². The molecular formula is C14H12N2O. The molecule has 3 nitrogen and oxygen atoms in total. The van der Waals surface area contributed by atoms with E-state index >= 15 is 0 Å². The van der Waals surface area contributed by atoms with Gasteiger partial charge in [0.05, 0.1) is 0 Å². The molecule has 0 unspecified atom stereocenters. The van der Waals surface area contributed by atoms with Crippen molar-refractivity contribution in [2.24, 2.45) is 0 Å². The van der Waals surface area contributed by atoms with Crippen LogP contribution in [-0.2, 0) is 5.41 Å². The third kappa shape index (κ3) is 1.62. The lowest BCUT2D eigenvalue weighted by atomic mass is 10.1. The van der Waals surface area contributed by atoms with Crippen molar-refractivity contribution in [3.8, 4) is 23.7 Å². The molecule has 84 valence electrons. The molecule has 1 aliphatic rings. The van der Waals surface area contributed by atoms with Gasteiger partial charge < -0.3 is 4.52 Å². The summed E-state index contributed by atoms with van der Waals surface area (Å²) in [6.45, 7) is 2.04. The fourth-order valence-corrected chi connectivity index (χ4v) is 1.78. The maximum absolute atomic E-state index is 5.49. The van der Waals surface area contributed by atoms with Crippen molar-refractivity contribution >= 4 is 0 Å². The average Bonchev–Trinajstić information content (AvgIpc) is 3.00. The molecule has 3 heteroatoms. The Balaban J connectivity index is 1.96. The summed E-state index contributed by atoms with van der Waals surface area (Å²) in [5.74, 6) is 3.94. The molecule has 1 fully saturated rings. The Morgan fingerprint density at radius 1 is 1.29 bits per heavy atom. The molecule has 0 atom stereocenters. The van der Waals surface area contributed by atoms with Crippen LogP contribution in [0, 0.1) is 19.3 Å². The van der Waals surface area contributed by atoms with E-state index in [4.69, 9.17) is 10.9 Å². The van der Waals surface area contributed by atoms with Gasteiger partial charge in [-0.3, -0.25) is 0 Å². The Morgan fingerprint density at radius 2 is 2.00 bits per heavy atom. The largest absolute Gasteiger partial charge is 0.337 e. The maximum Gasteiger partial charge on any atom is 0.245 e. The van der Waals surface area contributed by atoms with E-state index in [-0.39, 0.29) is 5.41 Å². The van der Waals surface area contributed by atoms with Crippen LogP contribution >= 0.6 is 0 Å². The van der Waals surface area contributed by atoms with Crippen molar-refractivity contribution < 1.29 is 4.52 Å². The molecule has 1 aromatic heterocycles. The van der Waals surface area contributed by atoms with E-state index in [1.165, 1.54) is 5.56 Å². The van der Waals surface area contributed by atoms with Crippen LogP contribution < -0.4 is 0 Å². The van der Waals surface area contributed by atoms with E-state index in [0.29, 0.717) is 11.7 Å². The van der Waals surface area contributed by atoms with Gasteiger partial charge in [-0.05, 0) is 19.8 Å². The van der Waals surface area contributed by atoms with Crippen LogP contribution in [0.15, 0.2) is 28.8 Å². The summed E-state index contributed by atoms with van der Waals surface area (Å²) in [6, 6.07) is 8.03. The maximum atomic E-state index is 5.49. The van der Waals surface area contributed by atoms with Crippen molar-refractivity contribution in [2.45, 2.75) is 25.2 Å². The summed E-state index contributed by atoms with van der Waals surface area (Å²) in [5, 5.41) is 3.99. The highest BCUT2D eigenvalue weighted by atomic mass is 16.5. The molecule has 2 aromatic rings. The number of nitrogens with zero attached hydrogens (tertiary/aromatic N) is 2. The second-order valence-corrected chi connectivity index (χ2v) is 4.52. The Kier molecular flexibility index (Phi) is 2.05. The van der Waals surface area contributed by atoms with E-state index < -0.39 is 0 Å². The van der Waals surface area contributed by atoms with Crippen molar-refractivity contribution in [3.63, 3.8) is 0 Å². The number of hydrogen-bond donors (Lipinski definition) is 0. The Morgan fingerprint density at radius 3 is 2.59 bits per heavy atom. The summed E-state index contributed by atoms with van der Waals surface area (Å²) in [5.41, 5.74) is 1.88. The fraction of sp³-hybridized carbons (Fsp3) is 0.286. The predicted octanol–water partition coefficient (Wildman–Crippen LogP) is 2.71. The molecule has 1 heterocycles. The van der Waals surface area contributed by atoms with E-state index in [0.717, 1.165) is 18.4 Å². The number of rotatable bonds is 2. The number of terminal acetylenes is 1. The molecule has 0 bridgehead atoms. The van der Waals surface area contributed by atoms with Crippen molar-refractivity contribution in [1.82, 2.24) is 10.1 Å². The molecule has 0 N–H and O–H groups in total. The zero-order valence-electron chi connectivity index (χ0n) is 9.60. The zero-order chi connectivity index (χ0) is 11.9. The van der Waals surface area contributed by atoms with E-state index in [1.54, 1.807) is 0 Å². The lowest BCUT2D eigenvalue weighted by Gasteiger charge is -1.97. The van der Waals surface area contributed by atoms with Crippen LogP contribution in [0.4, 0.5) is 0 Å². The Hall–Kier alpha value is -2.08. The first-order valence-corrected chi connectivity index (χ1v) is 5.62. The highest BCUT2D eigenvalue weighted by Gasteiger charge is 2.48. The summed E-state index contributed by atoms with van der Waals surface area (Å²) in [4.78, 5) is 4.39. The highest BCUT2D eigenvalue weighted by molar-refractivity contribution is 5.55. The standard InChI is InChI=1S/C14H12N2O/c1-3-14(8-9-14)13-15-12(16-17-13)11-6-4-10(2)5-7-11/h1,4-7H,8-9H2,2H3. The van der Waals surface area contributed by atoms with Crippen LogP contribution in [0.1, 0.15) is 24.3 Å². The first kappa shape index (κ1) is 10.1. The Bertz CT molecular complexity index is 585. The summed E-state index contributed by atoms with van der Waals surface area (Å²) >= 11 is 0. The lowest BCUT2D eigenvalue weighted by molar-refractivity contribution is 0.366. The van der Waals surface area contributed by atoms with Gasteiger partial charge in [0.15, 0.2) is 0 Å². The van der Waals surface area contributed by atoms with Crippen molar-refractivity contribution in [2.75, 3.05) is 0 Å². The molecular weight excluding hydrogens is 212 g/mol. The van der Waals surface area contributed by atoms with Crippen LogP contribution in [0.3, 0.4) is 0 Å². The van der Waals surface area contributed by atoms with Gasteiger partial charge in [-0.25, -0.2) is 0 Å². The molecule has 17 heavy (non-hydrogen) atoms. The number of aromatic nitrogens is 2. The molecule has 0 radical (unpaired) electrons. The van der Waals surface area contributed by atoms with E-state index in [9.17, 15) is 0 Å². The molecule has 3 rings (SSSR count). The summed E-state index contributed by atoms with van der Waals surface area (Å²) < 4.78 is 5.26. The molecule has 0 aliphatic heterocycles. The third-order valence-electron chi connectivity index (χ3n) is 3.17. The predicted molar refractivity (Wildman–Crippen MR) is 64.2 cm³/mol. The van der Waals surface area contributed by atoms with Gasteiger partial charge in [-0.15, -0.1) is 6.42 Å². The Labute approximate surface area is 99.9 Å². The molecule has 1 aliphatic carbocycles. The smallest absolute Gasteiger partial charge is 0.245 e. The van der Waals surface area contributed by atoms with Gasteiger partial charge in [0, 0.05) is 5.56 Å². The van der Waals surface area contributed by atoms with E-state index in [1.807, 2.05) is 31.2 Å². The molecule has 0 saturated heterocycles. The lowest BCUT2D eigenvalue weighted by Crippen LogP contribution is -2.02. The quantitative estimate of drug-likeness (QED) is 0.736. The molecule has 1 aromatic carbocycles. The first-order chi connectivity index (χ1) is 8.23. The van der Waals surface area contributed by atoms with Gasteiger partial charge in [0.1, 0.15) is 5.41 Å². The van der Waals surface area contributed by atoms with E-state index in [2.05, 4.69) is 16.1 Å².